The van der Waals surface area contributed by atoms with Gasteiger partial charge in [0.2, 0.25) is 5.91 Å². The third kappa shape index (κ3) is 5.49. The van der Waals surface area contributed by atoms with Crippen LogP contribution in [0.5, 0.6) is 0 Å². The van der Waals surface area contributed by atoms with E-state index in [1.807, 2.05) is 6.07 Å². The Morgan fingerprint density at radius 3 is 2.29 bits per heavy atom. The summed E-state index contributed by atoms with van der Waals surface area (Å²) in [6, 6.07) is 19.1. The summed E-state index contributed by atoms with van der Waals surface area (Å²) in [4.78, 5) is 33.5. The predicted octanol–water partition coefficient (Wildman–Crippen LogP) is 5.76. The van der Waals surface area contributed by atoms with E-state index in [0.717, 1.165) is 24.0 Å². The van der Waals surface area contributed by atoms with Gasteiger partial charge in [-0.05, 0) is 98.2 Å². The van der Waals surface area contributed by atoms with Crippen molar-refractivity contribution in [2.75, 3.05) is 13.1 Å². The van der Waals surface area contributed by atoms with Crippen LogP contribution in [0.4, 0.5) is 8.78 Å². The van der Waals surface area contributed by atoms with Crippen molar-refractivity contribution >= 4 is 11.8 Å². The summed E-state index contributed by atoms with van der Waals surface area (Å²) in [5.74, 6) is 0.110. The van der Waals surface area contributed by atoms with Gasteiger partial charge in [-0.25, -0.2) is 8.78 Å². The van der Waals surface area contributed by atoms with Gasteiger partial charge >= 0.3 is 0 Å². The molecule has 0 unspecified atom stereocenters. The number of benzene rings is 3. The van der Waals surface area contributed by atoms with E-state index in [0.29, 0.717) is 48.8 Å². The summed E-state index contributed by atoms with van der Waals surface area (Å²) in [5, 5.41) is 7.02. The number of nitrogens with one attached hydrogen (secondary N) is 1. The molecule has 210 valence electrons. The van der Waals surface area contributed by atoms with E-state index >= 15 is 0 Å². The van der Waals surface area contributed by atoms with Crippen molar-refractivity contribution in [1.29, 1.82) is 0 Å². The minimum Gasteiger partial charge on any atom is -0.348 e. The molecule has 2 heterocycles. The van der Waals surface area contributed by atoms with Crippen molar-refractivity contribution in [1.82, 2.24) is 20.4 Å². The van der Waals surface area contributed by atoms with Gasteiger partial charge in [-0.15, -0.1) is 0 Å². The molecule has 3 aromatic carbocycles. The third-order valence-electron chi connectivity index (χ3n) is 8.23. The van der Waals surface area contributed by atoms with Gasteiger partial charge in [0.25, 0.3) is 11.8 Å². The van der Waals surface area contributed by atoms with Crippen molar-refractivity contribution in [2.45, 2.75) is 44.1 Å². The molecule has 6 rings (SSSR count). The summed E-state index contributed by atoms with van der Waals surface area (Å²) in [6.45, 7) is 2.44. The molecule has 1 aromatic heterocycles. The summed E-state index contributed by atoms with van der Waals surface area (Å²) in [7, 11) is 0. The van der Waals surface area contributed by atoms with Crippen LogP contribution in [-0.2, 0) is 10.2 Å². The smallest absolute Gasteiger partial charge is 0.257 e. The summed E-state index contributed by atoms with van der Waals surface area (Å²) in [5.41, 5.74) is 1.73. The Hall–Kier alpha value is -4.40. The van der Waals surface area contributed by atoms with Crippen LogP contribution in [0, 0.1) is 24.5 Å². The molecular weight excluding hydrogens is 526 g/mol. The molecule has 0 radical (unpaired) electrons. The first-order valence-corrected chi connectivity index (χ1v) is 13.8. The molecule has 1 aliphatic carbocycles. The van der Waals surface area contributed by atoms with E-state index < -0.39 is 5.41 Å². The van der Waals surface area contributed by atoms with E-state index in [2.05, 4.69) is 15.5 Å². The second kappa shape index (κ2) is 10.9. The summed E-state index contributed by atoms with van der Waals surface area (Å²) >= 11 is 0. The Morgan fingerprint density at radius 2 is 1.68 bits per heavy atom. The highest BCUT2D eigenvalue weighted by Gasteiger charge is 2.46. The van der Waals surface area contributed by atoms with Crippen molar-refractivity contribution in [3.05, 3.63) is 107 Å². The number of piperidine rings is 1. The lowest BCUT2D eigenvalue weighted by Crippen LogP contribution is -2.53. The molecule has 1 saturated heterocycles. The van der Waals surface area contributed by atoms with Crippen LogP contribution in [0.25, 0.3) is 11.5 Å². The minimum absolute atomic E-state index is 0.137. The standard InChI is InChI=1S/C32H30F2N4O3/c1-20-35-29(41-37-20)22-7-9-23(10-8-22)30(39)38-17-15-32(16-18-38,25-11-13-26(33)14-12-25)31(40)36-28(21-5-6-21)24-3-2-4-27(34)19-24/h2-4,7-14,19,21,28H,5-6,15-18H2,1H3,(H,36,40)/t28-/m0/s1. The van der Waals surface area contributed by atoms with E-state index in [9.17, 15) is 18.4 Å². The van der Waals surface area contributed by atoms with Crippen LogP contribution < -0.4 is 5.32 Å². The first-order valence-electron chi connectivity index (χ1n) is 13.8. The van der Waals surface area contributed by atoms with E-state index in [-0.39, 0.29) is 35.4 Å². The van der Waals surface area contributed by atoms with E-state index in [1.165, 1.54) is 24.3 Å². The topological polar surface area (TPSA) is 88.3 Å². The number of amides is 2. The fourth-order valence-corrected chi connectivity index (χ4v) is 5.74. The van der Waals surface area contributed by atoms with Gasteiger partial charge in [0.1, 0.15) is 11.6 Å². The van der Waals surface area contributed by atoms with Gasteiger partial charge in [-0.3, -0.25) is 9.59 Å². The van der Waals surface area contributed by atoms with Crippen molar-refractivity contribution in [3.8, 4) is 11.5 Å². The van der Waals surface area contributed by atoms with E-state index in [4.69, 9.17) is 4.52 Å². The minimum atomic E-state index is -0.954. The lowest BCUT2D eigenvalue weighted by Gasteiger charge is -2.42. The molecule has 2 aliphatic rings. The van der Waals surface area contributed by atoms with Gasteiger partial charge in [-0.1, -0.05) is 29.4 Å². The molecule has 4 aromatic rings. The van der Waals surface area contributed by atoms with Crippen LogP contribution in [0.2, 0.25) is 0 Å². The zero-order chi connectivity index (χ0) is 28.6. The number of aromatic nitrogens is 2. The lowest BCUT2D eigenvalue weighted by molar-refractivity contribution is -0.129. The number of likely N-dealkylation sites (tertiary alicyclic amines) is 1. The Balaban J connectivity index is 1.22. The number of rotatable bonds is 7. The molecule has 1 aliphatic heterocycles. The van der Waals surface area contributed by atoms with E-state index in [1.54, 1.807) is 54.3 Å². The molecule has 1 atom stereocenters. The number of hydrogen-bond acceptors (Lipinski definition) is 5. The second-order valence-electron chi connectivity index (χ2n) is 10.9. The molecule has 1 saturated carbocycles. The molecule has 9 heteroatoms. The maximum Gasteiger partial charge on any atom is 0.257 e. The third-order valence-corrected chi connectivity index (χ3v) is 8.23. The maximum absolute atomic E-state index is 14.1. The Kier molecular flexibility index (Phi) is 7.11. The number of carbonyl (C=O) groups excluding carboxylic acids is 2. The number of aryl methyl sites for hydroxylation is 1. The highest BCUT2D eigenvalue weighted by Crippen LogP contribution is 2.43. The van der Waals surface area contributed by atoms with Crippen LogP contribution in [0.1, 0.15) is 59.0 Å². The normalized spacial score (nSPS) is 17.2. The van der Waals surface area contributed by atoms with Crippen LogP contribution >= 0.6 is 0 Å². The molecule has 0 spiro atoms. The predicted molar refractivity (Wildman–Crippen MR) is 148 cm³/mol. The summed E-state index contributed by atoms with van der Waals surface area (Å²) in [6.07, 6.45) is 2.66. The van der Waals surface area contributed by atoms with Gasteiger partial charge < -0.3 is 14.7 Å². The second-order valence-corrected chi connectivity index (χ2v) is 10.9. The molecule has 0 bridgehead atoms. The quantitative estimate of drug-likeness (QED) is 0.313. The number of hydrogen-bond donors (Lipinski definition) is 1. The fraction of sp³-hybridized carbons (Fsp3) is 0.312. The molecule has 7 nitrogen and oxygen atoms in total. The molecule has 41 heavy (non-hydrogen) atoms. The van der Waals surface area contributed by atoms with Crippen molar-refractivity contribution < 1.29 is 22.9 Å². The fourth-order valence-electron chi connectivity index (χ4n) is 5.74. The zero-order valence-corrected chi connectivity index (χ0v) is 22.6. The zero-order valence-electron chi connectivity index (χ0n) is 22.6. The van der Waals surface area contributed by atoms with Crippen LogP contribution in [0.15, 0.2) is 77.3 Å². The van der Waals surface area contributed by atoms with Gasteiger partial charge in [0, 0.05) is 24.2 Å². The molecule has 2 fully saturated rings. The van der Waals surface area contributed by atoms with Crippen molar-refractivity contribution in [2.24, 2.45) is 5.92 Å². The van der Waals surface area contributed by atoms with Gasteiger partial charge in [-0.2, -0.15) is 4.98 Å². The first kappa shape index (κ1) is 26.8. The van der Waals surface area contributed by atoms with Crippen LogP contribution in [0.3, 0.4) is 0 Å². The molecular formula is C32H30F2N4O3. The lowest BCUT2D eigenvalue weighted by atomic mass is 9.71. The number of halogens is 2. The van der Waals surface area contributed by atoms with Gasteiger partial charge in [0.05, 0.1) is 11.5 Å². The average molecular weight is 557 g/mol. The first-order chi connectivity index (χ1) is 19.8. The molecule has 1 N–H and O–H groups in total. The Labute approximate surface area is 236 Å². The highest BCUT2D eigenvalue weighted by molar-refractivity contribution is 5.95. The Bertz CT molecular complexity index is 1560. The average Bonchev–Trinajstić information content (AvgIpc) is 3.74. The number of carbonyl (C=O) groups is 2. The SMILES string of the molecule is Cc1noc(-c2ccc(C(=O)N3CCC(C(=O)N[C@H](c4cccc(F)c4)C4CC4)(c4ccc(F)cc4)CC3)cc2)n1. The highest BCUT2D eigenvalue weighted by atomic mass is 19.1. The maximum atomic E-state index is 14.1. The summed E-state index contributed by atoms with van der Waals surface area (Å²) < 4.78 is 33.1. The number of nitrogens with zero attached hydrogens (tertiary/aromatic N) is 3. The van der Waals surface area contributed by atoms with Crippen LogP contribution in [-0.4, -0.2) is 39.9 Å². The monoisotopic (exact) mass is 556 g/mol. The van der Waals surface area contributed by atoms with Crippen molar-refractivity contribution in [3.63, 3.8) is 0 Å². The molecule has 2 amide bonds. The van der Waals surface area contributed by atoms with Gasteiger partial charge in [0.15, 0.2) is 5.82 Å². The Morgan fingerprint density at radius 1 is 0.976 bits per heavy atom. The largest absolute Gasteiger partial charge is 0.348 e.